The number of nitrogens with one attached hydrogen (secondary N) is 1. The van der Waals surface area contributed by atoms with E-state index in [-0.39, 0.29) is 5.91 Å². The number of nitrogens with zero attached hydrogens (tertiary/aromatic N) is 3. The van der Waals surface area contributed by atoms with Crippen LogP contribution in [0.5, 0.6) is 0 Å². The average molecular weight is 355 g/mol. The molecule has 0 aliphatic heterocycles. The summed E-state index contributed by atoms with van der Waals surface area (Å²) in [5.41, 5.74) is 1.39. The first kappa shape index (κ1) is 15.3. The minimum atomic E-state index is -0.242. The van der Waals surface area contributed by atoms with Gasteiger partial charge in [0, 0.05) is 23.4 Å². The van der Waals surface area contributed by atoms with Crippen LogP contribution >= 0.6 is 34.5 Å². The van der Waals surface area contributed by atoms with Crippen molar-refractivity contribution in [1.29, 1.82) is 0 Å². The maximum absolute atomic E-state index is 12.1. The summed E-state index contributed by atoms with van der Waals surface area (Å²) in [6.45, 7) is 2.33. The van der Waals surface area contributed by atoms with E-state index >= 15 is 0 Å². The van der Waals surface area contributed by atoms with E-state index in [1.807, 2.05) is 12.3 Å². The Labute approximate surface area is 140 Å². The molecule has 0 saturated heterocycles. The van der Waals surface area contributed by atoms with Crippen LogP contribution in [0.25, 0.3) is 4.96 Å². The largest absolute Gasteiger partial charge is 0.352 e. The topological polar surface area (TPSA) is 59.3 Å². The van der Waals surface area contributed by atoms with Crippen LogP contribution in [0.2, 0.25) is 10.0 Å². The monoisotopic (exact) mass is 354 g/mol. The van der Waals surface area contributed by atoms with E-state index in [2.05, 4.69) is 15.4 Å². The van der Waals surface area contributed by atoms with Crippen molar-refractivity contribution in [2.24, 2.45) is 0 Å². The molecule has 22 heavy (non-hydrogen) atoms. The molecule has 0 spiro atoms. The molecule has 114 valence electrons. The second-order valence-electron chi connectivity index (χ2n) is 4.71. The van der Waals surface area contributed by atoms with Crippen molar-refractivity contribution in [1.82, 2.24) is 19.9 Å². The van der Waals surface area contributed by atoms with Gasteiger partial charge in [-0.3, -0.25) is 4.79 Å². The van der Waals surface area contributed by atoms with Gasteiger partial charge in [-0.2, -0.15) is 5.10 Å². The molecular weight excluding hydrogens is 343 g/mol. The molecular formula is C14H12Cl2N4OS. The van der Waals surface area contributed by atoms with Crippen LogP contribution in [0.1, 0.15) is 21.9 Å². The summed E-state index contributed by atoms with van der Waals surface area (Å²) < 4.78 is 1.80. The van der Waals surface area contributed by atoms with E-state index in [0.717, 1.165) is 16.5 Å². The molecule has 0 fully saturated rings. The Bertz CT molecular complexity index is 843. The van der Waals surface area contributed by atoms with E-state index in [0.29, 0.717) is 28.6 Å². The molecule has 5 nitrogen and oxygen atoms in total. The van der Waals surface area contributed by atoms with Crippen molar-refractivity contribution in [3.05, 3.63) is 50.7 Å². The van der Waals surface area contributed by atoms with Gasteiger partial charge in [-0.15, -0.1) is 11.3 Å². The molecule has 8 heteroatoms. The third kappa shape index (κ3) is 3.09. The number of hydrogen-bond acceptors (Lipinski definition) is 4. The lowest BCUT2D eigenvalue weighted by Crippen LogP contribution is -2.26. The number of carbonyl (C=O) groups is 1. The zero-order valence-corrected chi connectivity index (χ0v) is 14.0. The molecule has 0 aliphatic carbocycles. The van der Waals surface area contributed by atoms with Crippen LogP contribution in [0.15, 0.2) is 23.6 Å². The fraction of sp³-hybridized carbons (Fsp3) is 0.214. The molecule has 2 aromatic heterocycles. The number of aryl methyl sites for hydroxylation is 1. The lowest BCUT2D eigenvalue weighted by molar-refractivity contribution is 0.0954. The highest BCUT2D eigenvalue weighted by Crippen LogP contribution is 2.20. The van der Waals surface area contributed by atoms with Crippen molar-refractivity contribution in [3.63, 3.8) is 0 Å². The average Bonchev–Trinajstić information content (AvgIpc) is 3.01. The van der Waals surface area contributed by atoms with Crippen LogP contribution in [0.3, 0.4) is 0 Å². The Kier molecular flexibility index (Phi) is 4.33. The number of halogens is 2. The second-order valence-corrected chi connectivity index (χ2v) is 6.39. The van der Waals surface area contributed by atoms with Crippen LogP contribution in [-0.2, 0) is 6.42 Å². The predicted octanol–water partition coefficient (Wildman–Crippen LogP) is 3.38. The summed E-state index contributed by atoms with van der Waals surface area (Å²) >= 11 is 13.4. The van der Waals surface area contributed by atoms with Crippen LogP contribution in [0, 0.1) is 6.92 Å². The van der Waals surface area contributed by atoms with E-state index in [4.69, 9.17) is 23.2 Å². The molecule has 3 rings (SSSR count). The Morgan fingerprint density at radius 2 is 2.23 bits per heavy atom. The summed E-state index contributed by atoms with van der Waals surface area (Å²) in [6.07, 6.45) is 0.659. The molecule has 0 bridgehead atoms. The molecule has 0 saturated carbocycles. The van der Waals surface area contributed by atoms with Gasteiger partial charge >= 0.3 is 0 Å². The highest BCUT2D eigenvalue weighted by atomic mass is 35.5. The normalized spacial score (nSPS) is 11.0. The van der Waals surface area contributed by atoms with Gasteiger partial charge in [0.15, 0.2) is 0 Å². The Morgan fingerprint density at radius 3 is 3.05 bits per heavy atom. The first-order valence-corrected chi connectivity index (χ1v) is 8.21. The maximum atomic E-state index is 12.1. The van der Waals surface area contributed by atoms with Gasteiger partial charge in [-0.25, -0.2) is 9.50 Å². The Hall–Kier alpha value is -1.63. The van der Waals surface area contributed by atoms with Gasteiger partial charge in [0.05, 0.1) is 16.3 Å². The molecule has 0 atom stereocenters. The van der Waals surface area contributed by atoms with Crippen LogP contribution < -0.4 is 5.32 Å². The maximum Gasteiger partial charge on any atom is 0.252 e. The number of carbonyl (C=O) groups excluding carboxylic acids is 1. The van der Waals surface area contributed by atoms with Crippen molar-refractivity contribution in [2.45, 2.75) is 13.3 Å². The minimum Gasteiger partial charge on any atom is -0.352 e. The lowest BCUT2D eigenvalue weighted by Gasteiger charge is -2.06. The molecule has 0 radical (unpaired) electrons. The Balaban J connectivity index is 1.65. The number of fused-ring (bicyclic) bond motifs is 1. The number of thiazole rings is 1. The van der Waals surface area contributed by atoms with Crippen molar-refractivity contribution >= 4 is 45.4 Å². The number of rotatable bonds is 4. The van der Waals surface area contributed by atoms with Crippen molar-refractivity contribution in [2.75, 3.05) is 6.54 Å². The second kappa shape index (κ2) is 6.24. The number of benzene rings is 1. The quantitative estimate of drug-likeness (QED) is 0.781. The van der Waals surface area contributed by atoms with Crippen molar-refractivity contribution < 1.29 is 4.79 Å². The molecule has 1 N–H and O–H groups in total. The zero-order valence-electron chi connectivity index (χ0n) is 11.6. The fourth-order valence-corrected chi connectivity index (χ4v) is 3.34. The molecule has 0 unspecified atom stereocenters. The third-order valence-corrected chi connectivity index (χ3v) is 4.53. The van der Waals surface area contributed by atoms with E-state index in [1.54, 1.807) is 22.7 Å². The molecule has 1 aromatic carbocycles. The smallest absolute Gasteiger partial charge is 0.252 e. The molecule has 0 aliphatic rings. The lowest BCUT2D eigenvalue weighted by atomic mass is 10.2. The van der Waals surface area contributed by atoms with Gasteiger partial charge in [0.2, 0.25) is 4.96 Å². The van der Waals surface area contributed by atoms with E-state index in [9.17, 15) is 4.79 Å². The summed E-state index contributed by atoms with van der Waals surface area (Å²) in [4.78, 5) is 17.3. The van der Waals surface area contributed by atoms with Crippen LogP contribution in [0.4, 0.5) is 0 Å². The van der Waals surface area contributed by atoms with Gasteiger partial charge in [0.25, 0.3) is 5.91 Å². The number of aromatic nitrogens is 3. The van der Waals surface area contributed by atoms with Gasteiger partial charge in [0.1, 0.15) is 5.82 Å². The van der Waals surface area contributed by atoms with Gasteiger partial charge in [-0.05, 0) is 25.1 Å². The molecule has 3 aromatic rings. The standard InChI is InChI=1S/C14H12Cl2N4OS/c1-8-18-14-20(19-8)10(7-22-14)4-5-17-13(21)11-6-9(15)2-3-12(11)16/h2-3,6-7H,4-5H2,1H3,(H,17,21). The molecule has 2 heterocycles. The Morgan fingerprint density at radius 1 is 1.41 bits per heavy atom. The van der Waals surface area contributed by atoms with Gasteiger partial charge < -0.3 is 5.32 Å². The first-order valence-electron chi connectivity index (χ1n) is 6.57. The highest BCUT2D eigenvalue weighted by molar-refractivity contribution is 7.15. The van der Waals surface area contributed by atoms with E-state index < -0.39 is 0 Å². The number of hydrogen-bond donors (Lipinski definition) is 1. The predicted molar refractivity (Wildman–Crippen MR) is 88.1 cm³/mol. The fourth-order valence-electron chi connectivity index (χ4n) is 2.07. The minimum absolute atomic E-state index is 0.242. The summed E-state index contributed by atoms with van der Waals surface area (Å²) in [5, 5.41) is 10.0. The highest BCUT2D eigenvalue weighted by Gasteiger charge is 2.12. The van der Waals surface area contributed by atoms with Crippen LogP contribution in [-0.4, -0.2) is 27.0 Å². The van der Waals surface area contributed by atoms with Crippen molar-refractivity contribution in [3.8, 4) is 0 Å². The third-order valence-electron chi connectivity index (χ3n) is 3.10. The molecule has 1 amide bonds. The van der Waals surface area contributed by atoms with Gasteiger partial charge in [-0.1, -0.05) is 23.2 Å². The summed E-state index contributed by atoms with van der Waals surface area (Å²) in [7, 11) is 0. The summed E-state index contributed by atoms with van der Waals surface area (Å²) in [5.74, 6) is 0.497. The summed E-state index contributed by atoms with van der Waals surface area (Å²) in [6, 6.07) is 4.82. The SMILES string of the molecule is Cc1nc2scc(CCNC(=O)c3cc(Cl)ccc3Cl)n2n1. The first-order chi connectivity index (χ1) is 10.5. The number of amides is 1. The van der Waals surface area contributed by atoms with E-state index in [1.165, 1.54) is 11.3 Å². The zero-order chi connectivity index (χ0) is 15.7.